The number of ether oxygens (including phenoxy) is 2. The van der Waals surface area contributed by atoms with Gasteiger partial charge in [-0.2, -0.15) is 0 Å². The van der Waals surface area contributed by atoms with Crippen molar-refractivity contribution in [2.45, 2.75) is 13.0 Å². The summed E-state index contributed by atoms with van der Waals surface area (Å²) in [5.74, 6) is -0.124. The van der Waals surface area contributed by atoms with Gasteiger partial charge in [-0.1, -0.05) is 6.07 Å². The van der Waals surface area contributed by atoms with Crippen LogP contribution < -0.4 is 9.47 Å². The molecule has 0 fully saturated rings. The molecule has 1 aromatic carbocycles. The molecule has 0 aliphatic carbocycles. The molecular weight excluding hydrogens is 242 g/mol. The molecule has 0 heterocycles. The molecule has 0 aromatic heterocycles. The minimum Gasteiger partial charge on any atom is -0.493 e. The van der Waals surface area contributed by atoms with E-state index in [1.165, 1.54) is 32.2 Å². The van der Waals surface area contributed by atoms with Crippen LogP contribution in [-0.2, 0) is 4.79 Å². The first-order valence-electron chi connectivity index (χ1n) is 5.10. The molecule has 1 rings (SSSR count). The highest BCUT2D eigenvalue weighted by molar-refractivity contribution is 5.70. The number of benzene rings is 1. The Labute approximate surface area is 103 Å². The molecule has 98 valence electrons. The number of hydrogen-bond donors (Lipinski definition) is 1. The van der Waals surface area contributed by atoms with Gasteiger partial charge in [0, 0.05) is 11.8 Å². The van der Waals surface area contributed by atoms with E-state index < -0.39 is 23.5 Å². The van der Waals surface area contributed by atoms with Crippen LogP contribution in [0.2, 0.25) is 0 Å². The molecule has 0 aliphatic heterocycles. The molecule has 0 bridgehead atoms. The predicted octanol–water partition coefficient (Wildman–Crippen LogP) is 0.931. The molecule has 1 N–H and O–H groups in total. The first kappa shape index (κ1) is 13.9. The molecule has 0 saturated carbocycles. The van der Waals surface area contributed by atoms with Gasteiger partial charge in [0.05, 0.1) is 7.11 Å². The maximum atomic E-state index is 10.9. The van der Waals surface area contributed by atoms with Crippen LogP contribution in [0.4, 0.5) is 0 Å². The van der Waals surface area contributed by atoms with Crippen molar-refractivity contribution in [2.75, 3.05) is 13.7 Å². The summed E-state index contributed by atoms with van der Waals surface area (Å²) in [6.07, 6.45) is -1.26. The quantitative estimate of drug-likeness (QED) is 0.363. The second-order valence-corrected chi connectivity index (χ2v) is 3.54. The summed E-state index contributed by atoms with van der Waals surface area (Å²) in [5, 5.41) is 19.9. The third-order valence-corrected chi connectivity index (χ3v) is 2.15. The number of hydrogen-bond acceptors (Lipinski definition) is 6. The monoisotopic (exact) mass is 255 g/mol. The molecule has 0 spiro atoms. The molecule has 0 aliphatic rings. The Morgan fingerprint density at radius 2 is 2.17 bits per heavy atom. The Balaban J connectivity index is 3.01. The number of nitro groups is 1. The smallest absolute Gasteiger partial charge is 0.308 e. The largest absolute Gasteiger partial charge is 0.493 e. The Hall–Kier alpha value is -2.15. The number of rotatable bonds is 5. The fourth-order valence-electron chi connectivity index (χ4n) is 1.38. The van der Waals surface area contributed by atoms with Gasteiger partial charge in [-0.3, -0.25) is 14.9 Å². The predicted molar refractivity (Wildman–Crippen MR) is 61.1 cm³/mol. The van der Waals surface area contributed by atoms with Gasteiger partial charge in [0.2, 0.25) is 6.54 Å². The van der Waals surface area contributed by atoms with Crippen molar-refractivity contribution in [3.8, 4) is 11.5 Å². The average Bonchev–Trinajstić information content (AvgIpc) is 2.27. The molecule has 0 amide bonds. The lowest BCUT2D eigenvalue weighted by Crippen LogP contribution is -2.12. The standard InChI is InChI=1S/C11H13NO6/c1-7(13)18-11-5-8(3-4-10(11)17-2)9(14)6-12(15)16/h3-5,9,14H,6H2,1-2H3. The maximum absolute atomic E-state index is 10.9. The van der Waals surface area contributed by atoms with E-state index in [2.05, 4.69) is 0 Å². The normalized spacial score (nSPS) is 11.7. The van der Waals surface area contributed by atoms with Crippen LogP contribution in [-0.4, -0.2) is 29.7 Å². The van der Waals surface area contributed by atoms with Gasteiger partial charge in [0.1, 0.15) is 6.10 Å². The van der Waals surface area contributed by atoms with Crippen molar-refractivity contribution in [3.63, 3.8) is 0 Å². The van der Waals surface area contributed by atoms with Crippen LogP contribution in [0.3, 0.4) is 0 Å². The minimum absolute atomic E-state index is 0.116. The van der Waals surface area contributed by atoms with E-state index in [1.807, 2.05) is 0 Å². The summed E-state index contributed by atoms with van der Waals surface area (Å²) in [5.41, 5.74) is 0.281. The van der Waals surface area contributed by atoms with E-state index in [0.717, 1.165) is 0 Å². The van der Waals surface area contributed by atoms with E-state index >= 15 is 0 Å². The molecule has 1 atom stereocenters. The van der Waals surface area contributed by atoms with Crippen LogP contribution in [0.15, 0.2) is 18.2 Å². The maximum Gasteiger partial charge on any atom is 0.308 e. The fraction of sp³-hybridized carbons (Fsp3) is 0.364. The van der Waals surface area contributed by atoms with E-state index in [4.69, 9.17) is 9.47 Å². The van der Waals surface area contributed by atoms with Crippen molar-refractivity contribution in [1.29, 1.82) is 0 Å². The van der Waals surface area contributed by atoms with Gasteiger partial charge < -0.3 is 14.6 Å². The van der Waals surface area contributed by atoms with Gasteiger partial charge in [0.15, 0.2) is 11.5 Å². The summed E-state index contributed by atoms with van der Waals surface area (Å²) >= 11 is 0. The molecule has 7 heteroatoms. The highest BCUT2D eigenvalue weighted by atomic mass is 16.6. The summed E-state index contributed by atoms with van der Waals surface area (Å²) in [6.45, 7) is 0.603. The number of aliphatic hydroxyl groups is 1. The minimum atomic E-state index is -1.26. The number of esters is 1. The lowest BCUT2D eigenvalue weighted by molar-refractivity contribution is -0.491. The Morgan fingerprint density at radius 1 is 1.50 bits per heavy atom. The first-order valence-corrected chi connectivity index (χ1v) is 5.10. The van der Waals surface area contributed by atoms with Crippen molar-refractivity contribution >= 4 is 5.97 Å². The van der Waals surface area contributed by atoms with Gasteiger partial charge in [-0.05, 0) is 17.7 Å². The third-order valence-electron chi connectivity index (χ3n) is 2.15. The van der Waals surface area contributed by atoms with Gasteiger partial charge >= 0.3 is 5.97 Å². The summed E-state index contributed by atoms with van der Waals surface area (Å²) < 4.78 is 9.86. The number of aliphatic hydroxyl groups excluding tert-OH is 1. The SMILES string of the molecule is COc1ccc(C(O)C[N+](=O)[O-])cc1OC(C)=O. The first-order chi connectivity index (χ1) is 8.43. The number of methoxy groups -OCH3 is 1. The second kappa shape index (κ2) is 5.97. The van der Waals surface area contributed by atoms with Crippen LogP contribution >= 0.6 is 0 Å². The zero-order valence-corrected chi connectivity index (χ0v) is 9.95. The summed E-state index contributed by atoms with van der Waals surface area (Å²) in [6, 6.07) is 4.28. The van der Waals surface area contributed by atoms with Crippen LogP contribution in [0, 0.1) is 10.1 Å². The van der Waals surface area contributed by atoms with E-state index in [9.17, 15) is 20.0 Å². The van der Waals surface area contributed by atoms with Gasteiger partial charge in [0.25, 0.3) is 0 Å². The van der Waals surface area contributed by atoms with E-state index in [1.54, 1.807) is 0 Å². The van der Waals surface area contributed by atoms with Crippen molar-refractivity contribution in [1.82, 2.24) is 0 Å². The van der Waals surface area contributed by atoms with Crippen molar-refractivity contribution < 1.29 is 24.3 Å². The molecule has 18 heavy (non-hydrogen) atoms. The Kier molecular flexibility index (Phi) is 4.61. The third kappa shape index (κ3) is 3.70. The highest BCUT2D eigenvalue weighted by Crippen LogP contribution is 2.30. The van der Waals surface area contributed by atoms with E-state index in [-0.39, 0.29) is 11.3 Å². The second-order valence-electron chi connectivity index (χ2n) is 3.54. The van der Waals surface area contributed by atoms with Gasteiger partial charge in [-0.15, -0.1) is 0 Å². The lowest BCUT2D eigenvalue weighted by atomic mass is 10.1. The van der Waals surface area contributed by atoms with Gasteiger partial charge in [-0.25, -0.2) is 0 Å². The van der Waals surface area contributed by atoms with Crippen LogP contribution in [0.25, 0.3) is 0 Å². The Morgan fingerprint density at radius 3 is 2.67 bits per heavy atom. The zero-order valence-electron chi connectivity index (χ0n) is 9.95. The van der Waals surface area contributed by atoms with Crippen LogP contribution in [0.5, 0.6) is 11.5 Å². The summed E-state index contributed by atoms with van der Waals surface area (Å²) in [7, 11) is 1.40. The van der Waals surface area contributed by atoms with E-state index in [0.29, 0.717) is 5.75 Å². The number of carbonyl (C=O) groups excluding carboxylic acids is 1. The number of nitrogens with zero attached hydrogens (tertiary/aromatic N) is 1. The average molecular weight is 255 g/mol. The van der Waals surface area contributed by atoms with Crippen molar-refractivity contribution in [2.24, 2.45) is 0 Å². The van der Waals surface area contributed by atoms with Crippen LogP contribution in [0.1, 0.15) is 18.6 Å². The number of carbonyl (C=O) groups is 1. The van der Waals surface area contributed by atoms with Crippen molar-refractivity contribution in [3.05, 3.63) is 33.9 Å². The Bertz CT molecular complexity index is 459. The zero-order chi connectivity index (χ0) is 13.7. The molecule has 7 nitrogen and oxygen atoms in total. The lowest BCUT2D eigenvalue weighted by Gasteiger charge is -2.11. The summed E-state index contributed by atoms with van der Waals surface area (Å²) in [4.78, 5) is 20.6. The molecule has 1 aromatic rings. The molecule has 1 unspecified atom stereocenters. The highest BCUT2D eigenvalue weighted by Gasteiger charge is 2.17. The fourth-order valence-corrected chi connectivity index (χ4v) is 1.38. The topological polar surface area (TPSA) is 98.9 Å². The molecule has 0 radical (unpaired) electrons. The molecular formula is C11H13NO6. The molecule has 0 saturated heterocycles.